The second-order valence-electron chi connectivity index (χ2n) is 13.0. The van der Waals surface area contributed by atoms with Crippen molar-refractivity contribution in [2.75, 3.05) is 13.2 Å². The van der Waals surface area contributed by atoms with E-state index >= 15 is 0 Å². The number of aryl methyl sites for hydroxylation is 1. The van der Waals surface area contributed by atoms with Crippen molar-refractivity contribution in [1.29, 1.82) is 0 Å². The Kier molecular flexibility index (Phi) is 19.0. The average molecular weight is 559 g/mol. The fourth-order valence-electron chi connectivity index (χ4n) is 5.47. The van der Waals surface area contributed by atoms with Crippen LogP contribution in [0.5, 0.6) is 0 Å². The van der Waals surface area contributed by atoms with E-state index in [1.807, 2.05) is 6.07 Å². The van der Waals surface area contributed by atoms with Crippen molar-refractivity contribution in [3.8, 4) is 0 Å². The smallest absolute Gasteiger partial charge is 0.339 e. The molecule has 230 valence electrons. The summed E-state index contributed by atoms with van der Waals surface area (Å²) < 4.78 is 11.6. The van der Waals surface area contributed by atoms with Gasteiger partial charge < -0.3 is 9.47 Å². The van der Waals surface area contributed by atoms with E-state index in [1.165, 1.54) is 18.4 Å². The fourth-order valence-corrected chi connectivity index (χ4v) is 5.47. The molecule has 1 aromatic carbocycles. The van der Waals surface area contributed by atoms with E-state index in [9.17, 15) is 9.59 Å². The SMILES string of the molecule is CCCC(C)CCOC(=O)c1ccc(CCCCC(C)C)c(CCCCC(C)C)c1C(=O)OCCC(C)CCC. The summed E-state index contributed by atoms with van der Waals surface area (Å²) in [6.07, 6.45) is 14.6. The molecule has 0 aliphatic heterocycles. The van der Waals surface area contributed by atoms with E-state index in [0.29, 0.717) is 48.0 Å². The molecule has 1 aromatic rings. The second-order valence-corrected chi connectivity index (χ2v) is 13.0. The monoisotopic (exact) mass is 558 g/mol. The van der Waals surface area contributed by atoms with Crippen LogP contribution in [0.1, 0.15) is 164 Å². The van der Waals surface area contributed by atoms with E-state index in [0.717, 1.165) is 82.6 Å². The lowest BCUT2D eigenvalue weighted by atomic mass is 9.89. The number of esters is 2. The summed E-state index contributed by atoms with van der Waals surface area (Å²) >= 11 is 0. The van der Waals surface area contributed by atoms with E-state index in [4.69, 9.17) is 9.47 Å². The highest BCUT2D eigenvalue weighted by Gasteiger charge is 2.26. The Morgan fingerprint density at radius 3 is 1.62 bits per heavy atom. The lowest BCUT2D eigenvalue weighted by Gasteiger charge is -2.19. The number of ether oxygens (including phenoxy) is 2. The zero-order chi connectivity index (χ0) is 29.9. The first-order chi connectivity index (χ1) is 19.1. The largest absolute Gasteiger partial charge is 0.462 e. The van der Waals surface area contributed by atoms with Crippen molar-refractivity contribution < 1.29 is 19.1 Å². The number of unbranched alkanes of at least 4 members (excludes halogenated alkanes) is 2. The predicted octanol–water partition coefficient (Wildman–Crippen LogP) is 10.4. The Balaban J connectivity index is 3.28. The zero-order valence-electron chi connectivity index (χ0n) is 27.4. The van der Waals surface area contributed by atoms with Crippen molar-refractivity contribution in [3.05, 3.63) is 34.4 Å². The number of hydrogen-bond donors (Lipinski definition) is 0. The molecule has 0 saturated carbocycles. The molecule has 0 aromatic heterocycles. The molecule has 0 radical (unpaired) electrons. The quantitative estimate of drug-likeness (QED) is 0.105. The highest BCUT2D eigenvalue weighted by molar-refractivity contribution is 6.04. The second kappa shape index (κ2) is 20.9. The summed E-state index contributed by atoms with van der Waals surface area (Å²) in [5, 5.41) is 0. The maximum Gasteiger partial charge on any atom is 0.339 e. The third kappa shape index (κ3) is 14.7. The Labute approximate surface area is 247 Å². The minimum Gasteiger partial charge on any atom is -0.462 e. The first kappa shape index (κ1) is 36.2. The van der Waals surface area contributed by atoms with Gasteiger partial charge in [-0.25, -0.2) is 9.59 Å². The molecule has 0 bridgehead atoms. The van der Waals surface area contributed by atoms with Crippen LogP contribution in [0.25, 0.3) is 0 Å². The standard InChI is InChI=1S/C36H62O4/c1-9-15-29(7)23-25-39-35(37)33-22-21-31(19-13-11-17-27(3)4)32(20-14-12-18-28(5)6)34(33)36(38)40-26-24-30(8)16-10-2/h21-22,27-30H,9-20,23-26H2,1-8H3. The number of rotatable bonds is 22. The van der Waals surface area contributed by atoms with Gasteiger partial charge in [-0.15, -0.1) is 0 Å². The molecule has 40 heavy (non-hydrogen) atoms. The van der Waals surface area contributed by atoms with Gasteiger partial charge in [0.2, 0.25) is 0 Å². The summed E-state index contributed by atoms with van der Waals surface area (Å²) in [4.78, 5) is 27.0. The lowest BCUT2D eigenvalue weighted by Crippen LogP contribution is -2.20. The van der Waals surface area contributed by atoms with Crippen LogP contribution in [0.3, 0.4) is 0 Å². The first-order valence-corrected chi connectivity index (χ1v) is 16.6. The highest BCUT2D eigenvalue weighted by Crippen LogP contribution is 2.27. The van der Waals surface area contributed by atoms with Crippen LogP contribution in [0.4, 0.5) is 0 Å². The Hall–Kier alpha value is -1.84. The van der Waals surface area contributed by atoms with E-state index in [2.05, 4.69) is 61.5 Å². The normalized spacial score (nSPS) is 13.1. The number of carbonyl (C=O) groups is 2. The summed E-state index contributed by atoms with van der Waals surface area (Å²) in [5.74, 6) is 1.60. The molecule has 0 amide bonds. The van der Waals surface area contributed by atoms with Gasteiger partial charge in [-0.05, 0) is 79.4 Å². The van der Waals surface area contributed by atoms with Crippen molar-refractivity contribution in [2.24, 2.45) is 23.7 Å². The molecule has 4 nitrogen and oxygen atoms in total. The highest BCUT2D eigenvalue weighted by atomic mass is 16.5. The Morgan fingerprint density at radius 1 is 0.625 bits per heavy atom. The van der Waals surface area contributed by atoms with Crippen molar-refractivity contribution >= 4 is 11.9 Å². The number of benzene rings is 1. The van der Waals surface area contributed by atoms with E-state index in [-0.39, 0.29) is 5.97 Å². The molecule has 0 aliphatic carbocycles. The third-order valence-corrected chi connectivity index (χ3v) is 8.02. The molecule has 0 saturated heterocycles. The molecular weight excluding hydrogens is 496 g/mol. The van der Waals surface area contributed by atoms with Crippen LogP contribution in [-0.4, -0.2) is 25.2 Å². The van der Waals surface area contributed by atoms with Gasteiger partial charge in [0.05, 0.1) is 24.3 Å². The van der Waals surface area contributed by atoms with Crippen molar-refractivity contribution in [1.82, 2.24) is 0 Å². The maximum absolute atomic E-state index is 13.7. The van der Waals surface area contributed by atoms with Gasteiger partial charge >= 0.3 is 11.9 Å². The summed E-state index contributed by atoms with van der Waals surface area (Å²) in [6.45, 7) is 18.6. The van der Waals surface area contributed by atoms with Gasteiger partial charge in [0.1, 0.15) is 0 Å². The zero-order valence-corrected chi connectivity index (χ0v) is 27.4. The first-order valence-electron chi connectivity index (χ1n) is 16.6. The molecule has 0 N–H and O–H groups in total. The van der Waals surface area contributed by atoms with Crippen LogP contribution < -0.4 is 0 Å². The molecule has 1 rings (SSSR count). The van der Waals surface area contributed by atoms with Gasteiger partial charge in [0, 0.05) is 0 Å². The lowest BCUT2D eigenvalue weighted by molar-refractivity contribution is 0.0435. The fraction of sp³-hybridized carbons (Fsp3) is 0.778. The van der Waals surface area contributed by atoms with Gasteiger partial charge in [-0.2, -0.15) is 0 Å². The van der Waals surface area contributed by atoms with Crippen LogP contribution in [0.15, 0.2) is 12.1 Å². The number of carbonyl (C=O) groups excluding carboxylic acids is 2. The van der Waals surface area contributed by atoms with Crippen molar-refractivity contribution in [3.63, 3.8) is 0 Å². The minimum absolute atomic E-state index is 0.363. The molecule has 2 atom stereocenters. The summed E-state index contributed by atoms with van der Waals surface area (Å²) in [5.41, 5.74) is 3.03. The van der Waals surface area contributed by atoms with E-state index < -0.39 is 5.97 Å². The van der Waals surface area contributed by atoms with E-state index in [1.54, 1.807) is 0 Å². The van der Waals surface area contributed by atoms with Crippen molar-refractivity contribution in [2.45, 2.75) is 145 Å². The molecular formula is C36H62O4. The minimum atomic E-state index is -0.398. The number of hydrogen-bond acceptors (Lipinski definition) is 4. The predicted molar refractivity (Wildman–Crippen MR) is 169 cm³/mol. The molecule has 0 fully saturated rings. The topological polar surface area (TPSA) is 52.6 Å². The van der Waals surface area contributed by atoms with Gasteiger partial charge in [-0.3, -0.25) is 0 Å². The van der Waals surface area contributed by atoms with Gasteiger partial charge in [-0.1, -0.05) is 113 Å². The van der Waals surface area contributed by atoms with Crippen LogP contribution in [-0.2, 0) is 22.3 Å². The van der Waals surface area contributed by atoms with Crippen LogP contribution in [0.2, 0.25) is 0 Å². The van der Waals surface area contributed by atoms with Gasteiger partial charge in [0.15, 0.2) is 0 Å². The molecule has 0 heterocycles. The Bertz CT molecular complexity index is 841. The molecule has 4 heteroatoms. The molecule has 0 spiro atoms. The Morgan fingerprint density at radius 2 is 1.12 bits per heavy atom. The van der Waals surface area contributed by atoms with Crippen LogP contribution in [0, 0.1) is 23.7 Å². The molecule has 0 aliphatic rings. The van der Waals surface area contributed by atoms with Gasteiger partial charge in [0.25, 0.3) is 0 Å². The van der Waals surface area contributed by atoms with Crippen LogP contribution >= 0.6 is 0 Å². The molecule has 2 unspecified atom stereocenters. The average Bonchev–Trinajstić information content (AvgIpc) is 2.89. The summed E-state index contributed by atoms with van der Waals surface area (Å²) in [6, 6.07) is 3.90. The summed E-state index contributed by atoms with van der Waals surface area (Å²) in [7, 11) is 0. The third-order valence-electron chi connectivity index (χ3n) is 8.02. The maximum atomic E-state index is 13.7.